The Morgan fingerprint density at radius 1 is 1.33 bits per heavy atom. The van der Waals surface area contributed by atoms with Gasteiger partial charge in [-0.15, -0.1) is 0 Å². The number of hydrogen-bond acceptors (Lipinski definition) is 2. The lowest BCUT2D eigenvalue weighted by molar-refractivity contribution is 0.415. The molecule has 0 aliphatic carbocycles. The Hall–Kier alpha value is -0.710. The van der Waals surface area contributed by atoms with Gasteiger partial charge in [-0.25, -0.2) is 0 Å². The van der Waals surface area contributed by atoms with E-state index in [1.54, 1.807) is 7.11 Å². The van der Waals surface area contributed by atoms with Gasteiger partial charge in [-0.1, -0.05) is 0 Å². The molecule has 0 radical (unpaired) electrons. The summed E-state index contributed by atoms with van der Waals surface area (Å²) in [4.78, 5) is 0. The Kier molecular flexibility index (Phi) is 1.96. The predicted molar refractivity (Wildman–Crippen MR) is 55.5 cm³/mol. The SMILES string of the molecule is COc1ccc2oc(I)cc2c1. The Bertz CT molecular complexity index is 406. The van der Waals surface area contributed by atoms with Crippen molar-refractivity contribution >= 4 is 33.6 Å². The molecular weight excluding hydrogens is 267 g/mol. The Balaban J connectivity index is 2.66. The van der Waals surface area contributed by atoms with Crippen molar-refractivity contribution in [2.45, 2.75) is 0 Å². The first kappa shape index (κ1) is 7.91. The number of methoxy groups -OCH3 is 1. The number of benzene rings is 1. The van der Waals surface area contributed by atoms with E-state index in [4.69, 9.17) is 9.15 Å². The summed E-state index contributed by atoms with van der Waals surface area (Å²) < 4.78 is 11.4. The summed E-state index contributed by atoms with van der Waals surface area (Å²) in [7, 11) is 1.66. The maximum absolute atomic E-state index is 5.40. The van der Waals surface area contributed by atoms with E-state index in [1.165, 1.54) is 0 Å². The van der Waals surface area contributed by atoms with Crippen LogP contribution in [0.2, 0.25) is 0 Å². The predicted octanol–water partition coefficient (Wildman–Crippen LogP) is 3.05. The number of halogens is 1. The molecule has 62 valence electrons. The van der Waals surface area contributed by atoms with Crippen LogP contribution in [0, 0.1) is 3.77 Å². The third-order valence-corrected chi connectivity index (χ3v) is 2.23. The Morgan fingerprint density at radius 2 is 2.17 bits per heavy atom. The Labute approximate surface area is 83.6 Å². The van der Waals surface area contributed by atoms with Crippen molar-refractivity contribution in [1.29, 1.82) is 0 Å². The zero-order valence-electron chi connectivity index (χ0n) is 6.50. The molecule has 12 heavy (non-hydrogen) atoms. The van der Waals surface area contributed by atoms with Gasteiger partial charge in [0.15, 0.2) is 3.77 Å². The first-order valence-electron chi connectivity index (χ1n) is 3.52. The normalized spacial score (nSPS) is 10.5. The van der Waals surface area contributed by atoms with Crippen LogP contribution in [0.5, 0.6) is 5.75 Å². The molecular formula is C9H7IO2. The summed E-state index contributed by atoms with van der Waals surface area (Å²) >= 11 is 2.15. The maximum Gasteiger partial charge on any atom is 0.165 e. The van der Waals surface area contributed by atoms with Crippen LogP contribution in [0.3, 0.4) is 0 Å². The molecule has 1 aromatic heterocycles. The molecule has 0 saturated heterocycles. The fourth-order valence-electron chi connectivity index (χ4n) is 1.12. The van der Waals surface area contributed by atoms with E-state index in [0.29, 0.717) is 0 Å². The second kappa shape index (κ2) is 2.97. The van der Waals surface area contributed by atoms with Gasteiger partial charge in [0.25, 0.3) is 0 Å². The molecule has 0 unspecified atom stereocenters. The highest BCUT2D eigenvalue weighted by molar-refractivity contribution is 14.1. The monoisotopic (exact) mass is 274 g/mol. The lowest BCUT2D eigenvalue weighted by Gasteiger charge is -1.96. The third kappa shape index (κ3) is 1.29. The topological polar surface area (TPSA) is 22.4 Å². The first-order chi connectivity index (χ1) is 5.79. The molecule has 0 aliphatic rings. The molecule has 0 fully saturated rings. The minimum atomic E-state index is 0.861. The number of ether oxygens (including phenoxy) is 1. The van der Waals surface area contributed by atoms with E-state index in [1.807, 2.05) is 24.3 Å². The largest absolute Gasteiger partial charge is 0.497 e. The molecule has 1 aromatic carbocycles. The molecule has 1 heterocycles. The van der Waals surface area contributed by atoms with E-state index in [0.717, 1.165) is 20.5 Å². The smallest absolute Gasteiger partial charge is 0.165 e. The van der Waals surface area contributed by atoms with E-state index in [-0.39, 0.29) is 0 Å². The molecule has 0 amide bonds. The standard InChI is InChI=1S/C9H7IO2/c1-11-7-2-3-8-6(4-7)5-9(10)12-8/h2-5H,1H3. The van der Waals surface area contributed by atoms with Crippen molar-refractivity contribution < 1.29 is 9.15 Å². The van der Waals surface area contributed by atoms with Crippen LogP contribution in [0.25, 0.3) is 11.0 Å². The lowest BCUT2D eigenvalue weighted by Crippen LogP contribution is -1.79. The molecule has 3 heteroatoms. The average Bonchev–Trinajstić information content (AvgIpc) is 2.43. The summed E-state index contributed by atoms with van der Waals surface area (Å²) in [6.07, 6.45) is 0. The molecule has 2 nitrogen and oxygen atoms in total. The Morgan fingerprint density at radius 3 is 2.92 bits per heavy atom. The van der Waals surface area contributed by atoms with Gasteiger partial charge in [-0.2, -0.15) is 0 Å². The van der Waals surface area contributed by atoms with Gasteiger partial charge < -0.3 is 9.15 Å². The second-order valence-electron chi connectivity index (χ2n) is 2.45. The van der Waals surface area contributed by atoms with Crippen molar-refractivity contribution in [2.24, 2.45) is 0 Å². The molecule has 0 spiro atoms. The van der Waals surface area contributed by atoms with E-state index >= 15 is 0 Å². The van der Waals surface area contributed by atoms with Gasteiger partial charge in [0.1, 0.15) is 11.3 Å². The average molecular weight is 274 g/mol. The summed E-state index contributed by atoms with van der Waals surface area (Å²) in [6.45, 7) is 0. The molecule has 2 aromatic rings. The molecule has 0 aliphatic heterocycles. The maximum atomic E-state index is 5.40. The molecule has 0 bridgehead atoms. The quantitative estimate of drug-likeness (QED) is 0.746. The summed E-state index contributed by atoms with van der Waals surface area (Å²) in [5, 5.41) is 1.08. The number of hydrogen-bond donors (Lipinski definition) is 0. The van der Waals surface area contributed by atoms with Crippen molar-refractivity contribution in [1.82, 2.24) is 0 Å². The van der Waals surface area contributed by atoms with E-state index in [9.17, 15) is 0 Å². The van der Waals surface area contributed by atoms with Crippen LogP contribution in [0.15, 0.2) is 28.7 Å². The molecule has 0 atom stereocenters. The van der Waals surface area contributed by atoms with Crippen molar-refractivity contribution in [3.8, 4) is 5.75 Å². The summed E-state index contributed by atoms with van der Waals surface area (Å²) in [5.41, 5.74) is 0.903. The number of fused-ring (bicyclic) bond motifs is 1. The zero-order valence-corrected chi connectivity index (χ0v) is 8.66. The van der Waals surface area contributed by atoms with Crippen LogP contribution >= 0.6 is 22.6 Å². The highest BCUT2D eigenvalue weighted by Gasteiger charge is 2.01. The minimum Gasteiger partial charge on any atom is -0.497 e. The highest BCUT2D eigenvalue weighted by atomic mass is 127. The van der Waals surface area contributed by atoms with Gasteiger partial charge in [-0.3, -0.25) is 0 Å². The first-order valence-corrected chi connectivity index (χ1v) is 4.60. The fraction of sp³-hybridized carbons (Fsp3) is 0.111. The van der Waals surface area contributed by atoms with Crippen LogP contribution in [-0.4, -0.2) is 7.11 Å². The van der Waals surface area contributed by atoms with Gasteiger partial charge >= 0.3 is 0 Å². The van der Waals surface area contributed by atoms with Gasteiger partial charge in [-0.05, 0) is 46.9 Å². The van der Waals surface area contributed by atoms with Crippen LogP contribution in [0.4, 0.5) is 0 Å². The van der Waals surface area contributed by atoms with Gasteiger partial charge in [0.05, 0.1) is 7.11 Å². The minimum absolute atomic E-state index is 0.861. The highest BCUT2D eigenvalue weighted by Crippen LogP contribution is 2.24. The zero-order chi connectivity index (χ0) is 8.55. The number of rotatable bonds is 1. The van der Waals surface area contributed by atoms with Crippen molar-refractivity contribution in [3.63, 3.8) is 0 Å². The lowest BCUT2D eigenvalue weighted by atomic mass is 10.2. The van der Waals surface area contributed by atoms with Gasteiger partial charge in [0.2, 0.25) is 0 Å². The summed E-state index contributed by atoms with van der Waals surface area (Å²) in [5.74, 6) is 0.861. The van der Waals surface area contributed by atoms with Gasteiger partial charge in [0, 0.05) is 5.39 Å². The van der Waals surface area contributed by atoms with Crippen molar-refractivity contribution in [3.05, 3.63) is 28.0 Å². The van der Waals surface area contributed by atoms with Crippen LogP contribution in [0.1, 0.15) is 0 Å². The summed E-state index contributed by atoms with van der Waals surface area (Å²) in [6, 6.07) is 7.75. The van der Waals surface area contributed by atoms with E-state index in [2.05, 4.69) is 22.6 Å². The van der Waals surface area contributed by atoms with Crippen molar-refractivity contribution in [2.75, 3.05) is 7.11 Å². The fourth-order valence-corrected chi connectivity index (χ4v) is 1.69. The molecule has 0 saturated carbocycles. The number of furan rings is 1. The van der Waals surface area contributed by atoms with Crippen LogP contribution < -0.4 is 4.74 Å². The molecule has 0 N–H and O–H groups in total. The second-order valence-corrected chi connectivity index (χ2v) is 3.52. The van der Waals surface area contributed by atoms with E-state index < -0.39 is 0 Å². The molecule has 2 rings (SSSR count). The third-order valence-electron chi connectivity index (χ3n) is 1.69. The van der Waals surface area contributed by atoms with Crippen LogP contribution in [-0.2, 0) is 0 Å².